The van der Waals surface area contributed by atoms with Crippen molar-refractivity contribution in [1.29, 1.82) is 0 Å². The van der Waals surface area contributed by atoms with E-state index in [4.69, 9.17) is 16.3 Å². The highest BCUT2D eigenvalue weighted by Gasteiger charge is 2.17. The number of fused-ring (bicyclic) bond motifs is 1. The third-order valence-corrected chi connectivity index (χ3v) is 5.28. The minimum Gasteiger partial charge on any atom is -0.480 e. The quantitative estimate of drug-likeness (QED) is 0.645. The SMILES string of the molecule is CC(=O)COc1cc2cc(Nc3nc(N4CCCC4)ncc3Cl)ccc2n(C)c1=O. The lowest BCUT2D eigenvalue weighted by molar-refractivity contribution is -0.118. The number of benzene rings is 1. The van der Waals surface area contributed by atoms with Gasteiger partial charge >= 0.3 is 0 Å². The molecule has 0 aliphatic carbocycles. The van der Waals surface area contributed by atoms with Gasteiger partial charge in [0.05, 0.1) is 11.7 Å². The highest BCUT2D eigenvalue weighted by atomic mass is 35.5. The van der Waals surface area contributed by atoms with Crippen LogP contribution in [0.1, 0.15) is 19.8 Å². The van der Waals surface area contributed by atoms with Crippen LogP contribution in [0.4, 0.5) is 17.5 Å². The molecule has 0 spiro atoms. The lowest BCUT2D eigenvalue weighted by Crippen LogP contribution is -2.21. The van der Waals surface area contributed by atoms with E-state index >= 15 is 0 Å². The minimum absolute atomic E-state index is 0.133. The molecule has 3 aromatic rings. The van der Waals surface area contributed by atoms with E-state index < -0.39 is 0 Å². The molecule has 1 saturated heterocycles. The Morgan fingerprint density at radius 2 is 2.03 bits per heavy atom. The summed E-state index contributed by atoms with van der Waals surface area (Å²) in [6.45, 7) is 3.14. The third kappa shape index (κ3) is 4.09. The number of aryl methyl sites for hydroxylation is 1. The van der Waals surface area contributed by atoms with Crippen LogP contribution in [0.2, 0.25) is 5.02 Å². The number of hydrogen-bond donors (Lipinski definition) is 1. The molecule has 1 fully saturated rings. The van der Waals surface area contributed by atoms with E-state index in [2.05, 4.69) is 20.2 Å². The summed E-state index contributed by atoms with van der Waals surface area (Å²) in [6.07, 6.45) is 3.86. The fraction of sp³-hybridized carbons (Fsp3) is 0.333. The van der Waals surface area contributed by atoms with E-state index in [0.29, 0.717) is 16.8 Å². The van der Waals surface area contributed by atoms with Crippen molar-refractivity contribution >= 4 is 45.7 Å². The number of nitrogens with one attached hydrogen (secondary N) is 1. The highest BCUT2D eigenvalue weighted by Crippen LogP contribution is 2.28. The molecule has 4 rings (SSSR count). The molecular formula is C21H22ClN5O3. The predicted octanol–water partition coefficient (Wildman–Crippen LogP) is 3.29. The Morgan fingerprint density at radius 1 is 1.27 bits per heavy atom. The molecule has 0 saturated carbocycles. The molecule has 9 heteroatoms. The van der Waals surface area contributed by atoms with Crippen molar-refractivity contribution < 1.29 is 9.53 Å². The molecule has 0 bridgehead atoms. The molecule has 156 valence electrons. The van der Waals surface area contributed by atoms with Gasteiger partial charge in [-0.15, -0.1) is 0 Å². The van der Waals surface area contributed by atoms with E-state index in [9.17, 15) is 9.59 Å². The summed E-state index contributed by atoms with van der Waals surface area (Å²) in [4.78, 5) is 34.7. The molecule has 1 aliphatic heterocycles. The Labute approximate surface area is 178 Å². The van der Waals surface area contributed by atoms with Gasteiger partial charge in [0.1, 0.15) is 11.6 Å². The second-order valence-electron chi connectivity index (χ2n) is 7.32. The van der Waals surface area contributed by atoms with Gasteiger partial charge in [0.2, 0.25) is 5.95 Å². The maximum atomic E-state index is 12.5. The van der Waals surface area contributed by atoms with Gasteiger partial charge in [0, 0.05) is 31.2 Å². The molecular weight excluding hydrogens is 406 g/mol. The fourth-order valence-corrected chi connectivity index (χ4v) is 3.60. The molecule has 0 atom stereocenters. The van der Waals surface area contributed by atoms with Crippen LogP contribution in [0.5, 0.6) is 5.75 Å². The van der Waals surface area contributed by atoms with Gasteiger partial charge in [-0.25, -0.2) is 4.98 Å². The number of aromatic nitrogens is 3. The van der Waals surface area contributed by atoms with Gasteiger partial charge in [0.25, 0.3) is 5.56 Å². The van der Waals surface area contributed by atoms with Crippen LogP contribution in [0.25, 0.3) is 10.9 Å². The summed E-state index contributed by atoms with van der Waals surface area (Å²) in [5, 5.41) is 4.44. The second kappa shape index (κ2) is 8.31. The van der Waals surface area contributed by atoms with Crippen LogP contribution in [-0.4, -0.2) is 40.0 Å². The zero-order chi connectivity index (χ0) is 21.3. The number of pyridine rings is 1. The predicted molar refractivity (Wildman–Crippen MR) is 117 cm³/mol. The molecule has 0 amide bonds. The smallest absolute Gasteiger partial charge is 0.293 e. The zero-order valence-electron chi connectivity index (χ0n) is 16.8. The van der Waals surface area contributed by atoms with Crippen LogP contribution in [0.15, 0.2) is 35.3 Å². The Hall–Kier alpha value is -3.13. The number of anilines is 3. The lowest BCUT2D eigenvalue weighted by atomic mass is 10.2. The molecule has 1 aromatic carbocycles. The monoisotopic (exact) mass is 427 g/mol. The van der Waals surface area contributed by atoms with E-state index in [1.807, 2.05) is 18.2 Å². The topological polar surface area (TPSA) is 89.3 Å². The summed E-state index contributed by atoms with van der Waals surface area (Å²) in [6, 6.07) is 7.21. The Bertz CT molecular complexity index is 1170. The number of carbonyl (C=O) groups excluding carboxylic acids is 1. The van der Waals surface area contributed by atoms with E-state index in [-0.39, 0.29) is 23.7 Å². The number of rotatable bonds is 6. The van der Waals surface area contributed by atoms with Crippen molar-refractivity contribution in [1.82, 2.24) is 14.5 Å². The maximum Gasteiger partial charge on any atom is 0.293 e. The first-order valence-electron chi connectivity index (χ1n) is 9.73. The van der Waals surface area contributed by atoms with Gasteiger partial charge in [-0.2, -0.15) is 4.98 Å². The Kier molecular flexibility index (Phi) is 5.59. The summed E-state index contributed by atoms with van der Waals surface area (Å²) >= 11 is 6.31. The standard InChI is InChI=1S/C21H22ClN5O3/c1-13(28)12-30-18-10-14-9-15(5-6-17(14)26(2)20(18)29)24-19-16(22)11-23-21(25-19)27-7-3-4-8-27/h5-6,9-11H,3-4,7-8,12H2,1-2H3,(H,23,24,25). The number of carbonyl (C=O) groups is 1. The van der Waals surface area contributed by atoms with E-state index in [1.165, 1.54) is 11.5 Å². The summed E-state index contributed by atoms with van der Waals surface area (Å²) < 4.78 is 6.88. The first-order valence-corrected chi connectivity index (χ1v) is 10.1. The number of nitrogens with zero attached hydrogens (tertiary/aromatic N) is 4. The third-order valence-electron chi connectivity index (χ3n) is 5.00. The number of hydrogen-bond acceptors (Lipinski definition) is 7. The average Bonchev–Trinajstić information content (AvgIpc) is 3.26. The van der Waals surface area contributed by atoms with Crippen LogP contribution in [-0.2, 0) is 11.8 Å². The molecule has 0 radical (unpaired) electrons. The van der Waals surface area contributed by atoms with Crippen molar-refractivity contribution in [3.63, 3.8) is 0 Å². The molecule has 3 heterocycles. The number of Topliss-reactive ketones (excluding diaryl/α,β-unsaturated/α-hetero) is 1. The van der Waals surface area contributed by atoms with Crippen LogP contribution >= 0.6 is 11.6 Å². The van der Waals surface area contributed by atoms with Crippen molar-refractivity contribution in [2.75, 3.05) is 29.9 Å². The second-order valence-corrected chi connectivity index (χ2v) is 7.73. The largest absolute Gasteiger partial charge is 0.480 e. The van der Waals surface area contributed by atoms with Crippen molar-refractivity contribution in [2.24, 2.45) is 7.05 Å². The normalized spacial score (nSPS) is 13.6. The van der Waals surface area contributed by atoms with Crippen molar-refractivity contribution in [3.8, 4) is 5.75 Å². The summed E-state index contributed by atoms with van der Waals surface area (Å²) in [7, 11) is 1.67. The van der Waals surface area contributed by atoms with Crippen LogP contribution in [0.3, 0.4) is 0 Å². The van der Waals surface area contributed by atoms with Gasteiger partial charge in [0.15, 0.2) is 17.4 Å². The van der Waals surface area contributed by atoms with Gasteiger partial charge in [-0.3, -0.25) is 9.59 Å². The maximum absolute atomic E-state index is 12.5. The summed E-state index contributed by atoms with van der Waals surface area (Å²) in [5.74, 6) is 1.15. The zero-order valence-corrected chi connectivity index (χ0v) is 17.6. The fourth-order valence-electron chi connectivity index (χ4n) is 3.47. The first-order chi connectivity index (χ1) is 14.4. The molecule has 8 nitrogen and oxygen atoms in total. The van der Waals surface area contributed by atoms with Crippen LogP contribution in [0, 0.1) is 0 Å². The van der Waals surface area contributed by atoms with Gasteiger partial charge in [-0.1, -0.05) is 11.6 Å². The summed E-state index contributed by atoms with van der Waals surface area (Å²) in [5.41, 5.74) is 1.21. The number of ether oxygens (including phenoxy) is 1. The average molecular weight is 428 g/mol. The van der Waals surface area contributed by atoms with Gasteiger partial charge in [-0.05, 0) is 44.0 Å². The molecule has 1 aliphatic rings. The Balaban J connectivity index is 1.66. The number of ketones is 1. The van der Waals surface area contributed by atoms with Crippen LogP contribution < -0.4 is 20.5 Å². The first kappa shape index (κ1) is 20.2. The molecule has 30 heavy (non-hydrogen) atoms. The molecule has 1 N–H and O–H groups in total. The molecule has 2 aromatic heterocycles. The van der Waals surface area contributed by atoms with Crippen molar-refractivity contribution in [2.45, 2.75) is 19.8 Å². The molecule has 0 unspecified atom stereocenters. The number of halogens is 1. The van der Waals surface area contributed by atoms with Crippen molar-refractivity contribution in [3.05, 3.63) is 45.8 Å². The lowest BCUT2D eigenvalue weighted by Gasteiger charge is -2.17. The minimum atomic E-state index is -0.293. The Morgan fingerprint density at radius 3 is 2.77 bits per heavy atom. The van der Waals surface area contributed by atoms with E-state index in [0.717, 1.165) is 42.5 Å². The van der Waals surface area contributed by atoms with E-state index in [1.54, 1.807) is 19.3 Å². The van der Waals surface area contributed by atoms with Gasteiger partial charge < -0.3 is 19.5 Å². The highest BCUT2D eigenvalue weighted by molar-refractivity contribution is 6.32.